The number of nitrogens with zero attached hydrogens (tertiary/aromatic N) is 2. The Balaban J connectivity index is 2.25. The van der Waals surface area contributed by atoms with Gasteiger partial charge in [-0.3, -0.25) is 0 Å². The Morgan fingerprint density at radius 3 is 2.79 bits per heavy atom. The third-order valence-electron chi connectivity index (χ3n) is 2.02. The minimum Gasteiger partial charge on any atom is -0.345 e. The van der Waals surface area contributed by atoms with Gasteiger partial charge in [-0.05, 0) is 12.1 Å². The van der Waals surface area contributed by atoms with E-state index in [-0.39, 0.29) is 0 Å². The molecule has 14 heavy (non-hydrogen) atoms. The molecule has 0 bridgehead atoms. The number of ether oxygens (including phenoxy) is 1. The molecule has 3 heteroatoms. The number of hydrogen-bond acceptors (Lipinski definition) is 1. The lowest BCUT2D eigenvalue weighted by atomic mass is 10.3. The zero-order valence-corrected chi connectivity index (χ0v) is 8.13. The number of aromatic nitrogens is 2. The van der Waals surface area contributed by atoms with Crippen LogP contribution in [0.1, 0.15) is 0 Å². The summed E-state index contributed by atoms with van der Waals surface area (Å²) in [5, 5.41) is 0. The lowest BCUT2D eigenvalue weighted by Crippen LogP contribution is -2.31. The van der Waals surface area contributed by atoms with E-state index in [0.717, 1.165) is 5.69 Å². The van der Waals surface area contributed by atoms with Crippen molar-refractivity contribution in [1.29, 1.82) is 0 Å². The number of benzene rings is 1. The Kier molecular flexibility index (Phi) is 2.60. The van der Waals surface area contributed by atoms with Crippen molar-refractivity contribution in [3.63, 3.8) is 0 Å². The molecule has 1 heterocycles. The average molecular weight is 189 g/mol. The van der Waals surface area contributed by atoms with Gasteiger partial charge in [-0.15, -0.1) is 0 Å². The van der Waals surface area contributed by atoms with Crippen molar-refractivity contribution < 1.29 is 9.30 Å². The normalized spacial score (nSPS) is 10.4. The van der Waals surface area contributed by atoms with Crippen molar-refractivity contribution in [3.8, 4) is 5.69 Å². The van der Waals surface area contributed by atoms with E-state index in [1.807, 2.05) is 41.5 Å². The molecule has 0 spiro atoms. The summed E-state index contributed by atoms with van der Waals surface area (Å²) in [7, 11) is 1.69. The van der Waals surface area contributed by atoms with E-state index in [0.29, 0.717) is 6.73 Å². The van der Waals surface area contributed by atoms with E-state index in [1.165, 1.54) is 0 Å². The Hall–Kier alpha value is -1.61. The van der Waals surface area contributed by atoms with E-state index in [1.54, 1.807) is 7.11 Å². The molecule has 0 saturated carbocycles. The van der Waals surface area contributed by atoms with E-state index in [9.17, 15) is 0 Å². The van der Waals surface area contributed by atoms with Crippen LogP contribution in [0.2, 0.25) is 0 Å². The van der Waals surface area contributed by atoms with Gasteiger partial charge in [-0.2, -0.15) is 0 Å². The molecule has 0 radical (unpaired) electrons. The molecule has 1 aromatic carbocycles. The second-order valence-electron chi connectivity index (χ2n) is 3.09. The first-order chi connectivity index (χ1) is 6.90. The Morgan fingerprint density at radius 2 is 2.07 bits per heavy atom. The maximum Gasteiger partial charge on any atom is 0.250 e. The Labute approximate surface area is 83.2 Å². The molecule has 0 fully saturated rings. The number of para-hydroxylation sites is 1. The fraction of sp³-hybridized carbons (Fsp3) is 0.182. The van der Waals surface area contributed by atoms with Crippen LogP contribution in [0.3, 0.4) is 0 Å². The lowest BCUT2D eigenvalue weighted by molar-refractivity contribution is -0.730. The summed E-state index contributed by atoms with van der Waals surface area (Å²) in [6, 6.07) is 10.2. The summed E-state index contributed by atoms with van der Waals surface area (Å²) in [4.78, 5) is 0. The van der Waals surface area contributed by atoms with Crippen molar-refractivity contribution in [3.05, 3.63) is 49.1 Å². The summed E-state index contributed by atoms with van der Waals surface area (Å²) >= 11 is 0. The largest absolute Gasteiger partial charge is 0.345 e. The average Bonchev–Trinajstić information content (AvgIpc) is 2.68. The number of rotatable bonds is 3. The summed E-state index contributed by atoms with van der Waals surface area (Å²) in [5.41, 5.74) is 1.15. The molecule has 0 saturated heterocycles. The van der Waals surface area contributed by atoms with Gasteiger partial charge in [-0.25, -0.2) is 9.13 Å². The molecule has 72 valence electrons. The summed E-state index contributed by atoms with van der Waals surface area (Å²) in [6.07, 6.45) is 5.99. The van der Waals surface area contributed by atoms with E-state index >= 15 is 0 Å². The maximum absolute atomic E-state index is 5.03. The van der Waals surface area contributed by atoms with Crippen LogP contribution >= 0.6 is 0 Å². The van der Waals surface area contributed by atoms with Crippen molar-refractivity contribution in [2.75, 3.05) is 7.11 Å². The quantitative estimate of drug-likeness (QED) is 0.667. The first-order valence-corrected chi connectivity index (χ1v) is 4.51. The zero-order valence-electron chi connectivity index (χ0n) is 8.13. The first kappa shape index (κ1) is 8.97. The van der Waals surface area contributed by atoms with Crippen LogP contribution in [-0.4, -0.2) is 11.7 Å². The van der Waals surface area contributed by atoms with E-state index in [4.69, 9.17) is 4.74 Å². The minimum atomic E-state index is 0.583. The molecule has 0 aliphatic carbocycles. The van der Waals surface area contributed by atoms with Crippen LogP contribution in [0.4, 0.5) is 0 Å². The molecule has 0 atom stereocenters. The van der Waals surface area contributed by atoms with Gasteiger partial charge in [-0.1, -0.05) is 18.2 Å². The molecule has 1 aromatic heterocycles. The fourth-order valence-corrected chi connectivity index (χ4v) is 1.37. The fourth-order valence-electron chi connectivity index (χ4n) is 1.37. The molecule has 3 nitrogen and oxygen atoms in total. The van der Waals surface area contributed by atoms with Gasteiger partial charge in [0.25, 0.3) is 6.33 Å². The van der Waals surface area contributed by atoms with Crippen LogP contribution < -0.4 is 4.57 Å². The highest BCUT2D eigenvalue weighted by Gasteiger charge is 2.04. The molecule has 0 unspecified atom stereocenters. The van der Waals surface area contributed by atoms with Crippen LogP contribution in [0.25, 0.3) is 5.69 Å². The SMILES string of the molecule is COC[n+]1ccn(-c2ccccc2)c1. The Bertz CT molecular complexity index is 395. The van der Waals surface area contributed by atoms with E-state index in [2.05, 4.69) is 16.7 Å². The number of methoxy groups -OCH3 is 1. The summed E-state index contributed by atoms with van der Waals surface area (Å²) < 4.78 is 9.06. The van der Waals surface area contributed by atoms with Crippen LogP contribution in [0, 0.1) is 0 Å². The van der Waals surface area contributed by atoms with Gasteiger partial charge >= 0.3 is 0 Å². The number of imidazole rings is 1. The van der Waals surface area contributed by atoms with Gasteiger partial charge in [0.05, 0.1) is 0 Å². The molecule has 0 amide bonds. The lowest BCUT2D eigenvalue weighted by Gasteiger charge is -1.93. The van der Waals surface area contributed by atoms with Crippen molar-refractivity contribution in [2.24, 2.45) is 0 Å². The molecule has 0 N–H and O–H groups in total. The smallest absolute Gasteiger partial charge is 0.250 e. The third kappa shape index (κ3) is 1.83. The van der Waals surface area contributed by atoms with Crippen molar-refractivity contribution >= 4 is 0 Å². The predicted molar refractivity (Wildman–Crippen MR) is 53.0 cm³/mol. The van der Waals surface area contributed by atoms with Gasteiger partial charge in [0, 0.05) is 7.11 Å². The van der Waals surface area contributed by atoms with Crippen molar-refractivity contribution in [2.45, 2.75) is 6.73 Å². The minimum absolute atomic E-state index is 0.583. The number of hydrogen-bond donors (Lipinski definition) is 0. The second kappa shape index (κ2) is 4.07. The first-order valence-electron chi connectivity index (χ1n) is 4.51. The standard InChI is InChI=1S/C11H13N2O/c1-14-10-12-7-8-13(9-12)11-5-3-2-4-6-11/h2-9H,10H2,1H3/q+1. The van der Waals surface area contributed by atoms with Gasteiger partial charge in [0.1, 0.15) is 18.1 Å². The monoisotopic (exact) mass is 189 g/mol. The molecular weight excluding hydrogens is 176 g/mol. The topological polar surface area (TPSA) is 18.0 Å². The molecule has 0 aliphatic heterocycles. The maximum atomic E-state index is 5.03. The molecule has 0 aliphatic rings. The molecule has 2 rings (SSSR count). The Morgan fingerprint density at radius 1 is 1.29 bits per heavy atom. The molecule has 2 aromatic rings. The predicted octanol–water partition coefficient (Wildman–Crippen LogP) is 1.37. The highest BCUT2D eigenvalue weighted by atomic mass is 16.5. The van der Waals surface area contributed by atoms with E-state index < -0.39 is 0 Å². The van der Waals surface area contributed by atoms with Crippen LogP contribution in [-0.2, 0) is 11.5 Å². The third-order valence-corrected chi connectivity index (χ3v) is 2.02. The van der Waals surface area contributed by atoms with Gasteiger partial charge < -0.3 is 4.74 Å². The van der Waals surface area contributed by atoms with Crippen molar-refractivity contribution in [1.82, 2.24) is 4.57 Å². The van der Waals surface area contributed by atoms with Crippen LogP contribution in [0.15, 0.2) is 49.1 Å². The van der Waals surface area contributed by atoms with Gasteiger partial charge in [0.2, 0.25) is 0 Å². The summed E-state index contributed by atoms with van der Waals surface area (Å²) in [6.45, 7) is 0.583. The highest BCUT2D eigenvalue weighted by molar-refractivity contribution is 5.30. The molecular formula is C11H13N2O+. The van der Waals surface area contributed by atoms with Gasteiger partial charge in [0.15, 0.2) is 6.73 Å². The summed E-state index contributed by atoms with van der Waals surface area (Å²) in [5.74, 6) is 0. The highest BCUT2D eigenvalue weighted by Crippen LogP contribution is 2.04. The van der Waals surface area contributed by atoms with Crippen LogP contribution in [0.5, 0.6) is 0 Å². The zero-order chi connectivity index (χ0) is 9.80. The second-order valence-corrected chi connectivity index (χ2v) is 3.09.